The Kier molecular flexibility index (Phi) is 7.82. The molecule has 1 aliphatic heterocycles. The maximum atomic E-state index is 13.3. The van der Waals surface area contributed by atoms with E-state index in [0.717, 1.165) is 5.56 Å². The number of nitrogens with zero attached hydrogens (tertiary/aromatic N) is 2. The Morgan fingerprint density at radius 1 is 1.03 bits per heavy atom. The summed E-state index contributed by atoms with van der Waals surface area (Å²) in [4.78, 5) is 39.3. The summed E-state index contributed by atoms with van der Waals surface area (Å²) < 4.78 is 48.0. The van der Waals surface area contributed by atoms with Gasteiger partial charge in [0, 0.05) is 24.3 Å². The zero-order chi connectivity index (χ0) is 24.9. The van der Waals surface area contributed by atoms with Crippen LogP contribution in [0.15, 0.2) is 48.5 Å². The van der Waals surface area contributed by atoms with Crippen LogP contribution in [0.3, 0.4) is 0 Å². The van der Waals surface area contributed by atoms with E-state index in [9.17, 15) is 31.6 Å². The Morgan fingerprint density at radius 3 is 2.26 bits per heavy atom. The molecule has 34 heavy (non-hydrogen) atoms. The number of nitrogens with one attached hydrogen (secondary N) is 2. The van der Waals surface area contributed by atoms with Gasteiger partial charge in [0.15, 0.2) is 9.84 Å². The van der Waals surface area contributed by atoms with E-state index in [1.165, 1.54) is 21.9 Å². The highest BCUT2D eigenvalue weighted by molar-refractivity contribution is 7.91. The molecule has 0 radical (unpaired) electrons. The number of hydrazine groups is 1. The number of benzene rings is 2. The standard InChI is InChI=1S/C22H24F2N4O5S/c1-15-3-2-4-18(13-15)28(22(31)27-9-11-34(32,33)12-10-27)14-16-5-7-17(8-6-16)20(29)25-26-21(30)19(23)24/h2-8,13,19H,9-12,14H2,1H3,(H,25,29)(H,26,30). The van der Waals surface area contributed by atoms with Crippen LogP contribution in [-0.4, -0.2) is 62.2 Å². The number of carbonyl (C=O) groups is 3. The van der Waals surface area contributed by atoms with Crippen molar-refractivity contribution in [2.24, 2.45) is 0 Å². The van der Waals surface area contributed by atoms with E-state index in [1.54, 1.807) is 23.6 Å². The van der Waals surface area contributed by atoms with Crippen LogP contribution in [0.25, 0.3) is 0 Å². The Morgan fingerprint density at radius 2 is 1.68 bits per heavy atom. The highest BCUT2D eigenvalue weighted by Gasteiger charge is 2.29. The minimum absolute atomic E-state index is 0.0910. The van der Waals surface area contributed by atoms with Crippen molar-refractivity contribution in [3.63, 3.8) is 0 Å². The molecule has 0 atom stereocenters. The van der Waals surface area contributed by atoms with E-state index < -0.39 is 28.1 Å². The van der Waals surface area contributed by atoms with Gasteiger partial charge in [-0.15, -0.1) is 0 Å². The summed E-state index contributed by atoms with van der Waals surface area (Å²) in [5, 5.41) is 0. The lowest BCUT2D eigenvalue weighted by atomic mass is 10.1. The van der Waals surface area contributed by atoms with Gasteiger partial charge in [0.2, 0.25) is 0 Å². The fourth-order valence-corrected chi connectivity index (χ4v) is 4.53. The first-order valence-corrected chi connectivity index (χ1v) is 12.2. The van der Waals surface area contributed by atoms with Crippen molar-refractivity contribution >= 4 is 33.4 Å². The SMILES string of the molecule is Cc1cccc(N(Cc2ccc(C(=O)NNC(=O)C(F)F)cc2)C(=O)N2CCS(=O)(=O)CC2)c1. The van der Waals surface area contributed by atoms with E-state index in [1.807, 2.05) is 30.5 Å². The zero-order valence-electron chi connectivity index (χ0n) is 18.3. The lowest BCUT2D eigenvalue weighted by molar-refractivity contribution is -0.132. The van der Waals surface area contributed by atoms with Gasteiger partial charge < -0.3 is 4.90 Å². The molecule has 0 bridgehead atoms. The molecule has 1 saturated heterocycles. The second-order valence-corrected chi connectivity index (χ2v) is 10.1. The lowest BCUT2D eigenvalue weighted by Gasteiger charge is -2.33. The molecule has 0 unspecified atom stereocenters. The van der Waals surface area contributed by atoms with Gasteiger partial charge in [0.05, 0.1) is 18.1 Å². The molecule has 9 nitrogen and oxygen atoms in total. The van der Waals surface area contributed by atoms with E-state index in [-0.39, 0.29) is 42.7 Å². The summed E-state index contributed by atoms with van der Waals surface area (Å²) in [6.45, 7) is 2.25. The maximum Gasteiger partial charge on any atom is 0.324 e. The topological polar surface area (TPSA) is 116 Å². The summed E-state index contributed by atoms with van der Waals surface area (Å²) in [6.07, 6.45) is -3.26. The Hall–Kier alpha value is -3.54. The predicted octanol–water partition coefficient (Wildman–Crippen LogP) is 1.88. The molecular formula is C22H24F2N4O5S. The first kappa shape index (κ1) is 25.1. The third kappa shape index (κ3) is 6.50. The first-order chi connectivity index (χ1) is 16.1. The van der Waals surface area contributed by atoms with Crippen LogP contribution in [-0.2, 0) is 21.2 Å². The number of amides is 4. The van der Waals surface area contributed by atoms with Gasteiger partial charge in [-0.1, -0.05) is 24.3 Å². The molecule has 1 fully saturated rings. The van der Waals surface area contributed by atoms with Gasteiger partial charge in [0.1, 0.15) is 0 Å². The number of hydrogen-bond donors (Lipinski definition) is 2. The first-order valence-electron chi connectivity index (χ1n) is 10.4. The van der Waals surface area contributed by atoms with Crippen LogP contribution >= 0.6 is 0 Å². The molecular weight excluding hydrogens is 470 g/mol. The molecule has 2 aromatic rings. The average Bonchev–Trinajstić information content (AvgIpc) is 2.80. The fraction of sp³-hybridized carbons (Fsp3) is 0.318. The third-order valence-corrected chi connectivity index (χ3v) is 6.82. The molecule has 0 aromatic heterocycles. The summed E-state index contributed by atoms with van der Waals surface area (Å²) in [5.41, 5.74) is 5.89. The normalized spacial score (nSPS) is 15.0. The van der Waals surface area contributed by atoms with Gasteiger partial charge in [0.25, 0.3) is 5.91 Å². The number of sulfone groups is 1. The van der Waals surface area contributed by atoms with Gasteiger partial charge in [-0.3, -0.25) is 25.3 Å². The second-order valence-electron chi connectivity index (χ2n) is 7.79. The molecule has 0 aliphatic carbocycles. The van der Waals surface area contributed by atoms with Crippen LogP contribution in [0.5, 0.6) is 0 Å². The monoisotopic (exact) mass is 494 g/mol. The third-order valence-electron chi connectivity index (χ3n) is 5.21. The summed E-state index contributed by atoms with van der Waals surface area (Å²) in [6, 6.07) is 13.0. The van der Waals surface area contributed by atoms with Crippen molar-refractivity contribution in [3.8, 4) is 0 Å². The van der Waals surface area contributed by atoms with Crippen molar-refractivity contribution in [1.29, 1.82) is 0 Å². The lowest BCUT2D eigenvalue weighted by Crippen LogP contribution is -2.49. The highest BCUT2D eigenvalue weighted by atomic mass is 32.2. The molecule has 4 amide bonds. The van der Waals surface area contributed by atoms with Crippen molar-refractivity contribution in [2.75, 3.05) is 29.5 Å². The number of halogens is 2. The predicted molar refractivity (Wildman–Crippen MR) is 121 cm³/mol. The molecule has 0 spiro atoms. The van der Waals surface area contributed by atoms with Crippen LogP contribution in [0.2, 0.25) is 0 Å². The Balaban J connectivity index is 1.75. The van der Waals surface area contributed by atoms with E-state index in [0.29, 0.717) is 11.3 Å². The number of hydrogen-bond acceptors (Lipinski definition) is 5. The average molecular weight is 495 g/mol. The molecule has 1 aliphatic rings. The molecule has 1 heterocycles. The van der Waals surface area contributed by atoms with E-state index >= 15 is 0 Å². The number of alkyl halides is 2. The molecule has 0 saturated carbocycles. The number of rotatable bonds is 5. The van der Waals surface area contributed by atoms with Crippen LogP contribution in [0, 0.1) is 6.92 Å². The quantitative estimate of drug-likeness (QED) is 0.616. The summed E-state index contributed by atoms with van der Waals surface area (Å²) in [5.74, 6) is -2.58. The summed E-state index contributed by atoms with van der Waals surface area (Å²) in [7, 11) is -3.15. The number of aryl methyl sites for hydroxylation is 1. The van der Waals surface area contributed by atoms with Gasteiger partial charge >= 0.3 is 18.4 Å². The molecule has 2 aromatic carbocycles. The van der Waals surface area contributed by atoms with Gasteiger partial charge in [-0.25, -0.2) is 13.2 Å². The minimum atomic E-state index is -3.26. The zero-order valence-corrected chi connectivity index (χ0v) is 19.1. The Bertz CT molecular complexity index is 1160. The Labute approximate surface area is 195 Å². The van der Waals surface area contributed by atoms with Crippen LogP contribution < -0.4 is 15.8 Å². The van der Waals surface area contributed by atoms with E-state index in [2.05, 4.69) is 0 Å². The van der Waals surface area contributed by atoms with Crippen LogP contribution in [0.1, 0.15) is 21.5 Å². The maximum absolute atomic E-state index is 13.3. The van der Waals surface area contributed by atoms with Gasteiger partial charge in [-0.05, 0) is 42.3 Å². The smallest absolute Gasteiger partial charge is 0.322 e. The van der Waals surface area contributed by atoms with Crippen molar-refractivity contribution in [2.45, 2.75) is 19.9 Å². The molecule has 3 rings (SSSR count). The number of carbonyl (C=O) groups excluding carboxylic acids is 3. The minimum Gasteiger partial charge on any atom is -0.322 e. The van der Waals surface area contributed by atoms with E-state index in [4.69, 9.17) is 0 Å². The van der Waals surface area contributed by atoms with Crippen molar-refractivity contribution < 1.29 is 31.6 Å². The number of anilines is 1. The molecule has 2 N–H and O–H groups in total. The fourth-order valence-electron chi connectivity index (χ4n) is 3.33. The van der Waals surface area contributed by atoms with Gasteiger partial charge in [-0.2, -0.15) is 8.78 Å². The largest absolute Gasteiger partial charge is 0.324 e. The molecule has 182 valence electrons. The van der Waals surface area contributed by atoms with Crippen molar-refractivity contribution in [1.82, 2.24) is 15.8 Å². The number of urea groups is 1. The second kappa shape index (κ2) is 10.6. The van der Waals surface area contributed by atoms with Crippen LogP contribution in [0.4, 0.5) is 19.3 Å². The van der Waals surface area contributed by atoms with Crippen molar-refractivity contribution in [3.05, 3.63) is 65.2 Å². The summed E-state index contributed by atoms with van der Waals surface area (Å²) >= 11 is 0. The highest BCUT2D eigenvalue weighted by Crippen LogP contribution is 2.22. The molecule has 12 heteroatoms.